The summed E-state index contributed by atoms with van der Waals surface area (Å²) in [6, 6.07) is 2.20. The van der Waals surface area contributed by atoms with Crippen molar-refractivity contribution in [3.63, 3.8) is 0 Å². The van der Waals surface area contributed by atoms with Gasteiger partial charge >= 0.3 is 0 Å². The molecule has 1 unspecified atom stereocenters. The van der Waals surface area contributed by atoms with E-state index in [4.69, 9.17) is 16.9 Å². The highest BCUT2D eigenvalue weighted by molar-refractivity contribution is 6.28. The lowest BCUT2D eigenvalue weighted by atomic mass is 10.1. The Hall–Kier alpha value is -1.21. The molecule has 1 aromatic heterocycles. The molecule has 5 heteroatoms. The topological polar surface area (TPSA) is 62.5 Å². The summed E-state index contributed by atoms with van der Waals surface area (Å²) >= 11 is 5.60. The Morgan fingerprint density at radius 3 is 2.85 bits per heavy atom. The molecule has 0 saturated heterocycles. The SMILES string of the molecule is N#CC(c1ncnc(Cl)n1)C1CC1. The van der Waals surface area contributed by atoms with Crippen molar-refractivity contribution in [3.05, 3.63) is 17.4 Å². The van der Waals surface area contributed by atoms with E-state index < -0.39 is 0 Å². The van der Waals surface area contributed by atoms with Crippen molar-refractivity contribution in [2.75, 3.05) is 0 Å². The molecule has 1 heterocycles. The third-order valence-corrected chi connectivity index (χ3v) is 2.25. The van der Waals surface area contributed by atoms with Crippen LogP contribution in [0.2, 0.25) is 5.28 Å². The van der Waals surface area contributed by atoms with E-state index in [9.17, 15) is 0 Å². The molecule has 1 aromatic rings. The van der Waals surface area contributed by atoms with Crippen LogP contribution in [0.15, 0.2) is 6.33 Å². The molecule has 13 heavy (non-hydrogen) atoms. The van der Waals surface area contributed by atoms with Crippen LogP contribution in [0, 0.1) is 17.2 Å². The molecule has 4 nitrogen and oxygen atoms in total. The van der Waals surface area contributed by atoms with E-state index in [1.165, 1.54) is 6.33 Å². The lowest BCUT2D eigenvalue weighted by molar-refractivity contribution is 0.681. The summed E-state index contributed by atoms with van der Waals surface area (Å²) in [6.07, 6.45) is 3.51. The molecule has 1 fully saturated rings. The highest BCUT2D eigenvalue weighted by atomic mass is 35.5. The van der Waals surface area contributed by atoms with Gasteiger partial charge in [-0.3, -0.25) is 0 Å². The molecule has 0 radical (unpaired) electrons. The fourth-order valence-corrected chi connectivity index (χ4v) is 1.37. The van der Waals surface area contributed by atoms with Gasteiger partial charge in [-0.1, -0.05) is 0 Å². The number of nitrogens with zero attached hydrogens (tertiary/aromatic N) is 4. The van der Waals surface area contributed by atoms with Gasteiger partial charge in [-0.15, -0.1) is 0 Å². The second-order valence-electron chi connectivity index (χ2n) is 3.06. The highest BCUT2D eigenvalue weighted by Gasteiger charge is 2.34. The predicted molar refractivity (Wildman–Crippen MR) is 45.9 cm³/mol. The molecule has 2 rings (SSSR count). The van der Waals surface area contributed by atoms with Crippen molar-refractivity contribution >= 4 is 11.6 Å². The first-order valence-electron chi connectivity index (χ1n) is 4.05. The first-order valence-corrected chi connectivity index (χ1v) is 4.43. The molecule has 0 spiro atoms. The molecule has 1 aliphatic carbocycles. The number of halogens is 1. The first-order chi connectivity index (χ1) is 6.31. The average Bonchev–Trinajstić information content (AvgIpc) is 2.90. The van der Waals surface area contributed by atoms with Crippen LogP contribution in [-0.2, 0) is 0 Å². The summed E-state index contributed by atoms with van der Waals surface area (Å²) in [7, 11) is 0. The van der Waals surface area contributed by atoms with Gasteiger partial charge in [-0.05, 0) is 30.4 Å². The normalized spacial score (nSPS) is 17.8. The van der Waals surface area contributed by atoms with Gasteiger partial charge in [0.15, 0.2) is 5.82 Å². The van der Waals surface area contributed by atoms with Crippen LogP contribution in [0.25, 0.3) is 0 Å². The molecule has 1 aliphatic rings. The molecular weight excluding hydrogens is 188 g/mol. The van der Waals surface area contributed by atoms with Gasteiger partial charge in [-0.25, -0.2) is 15.0 Å². The van der Waals surface area contributed by atoms with Crippen LogP contribution in [0.3, 0.4) is 0 Å². The lowest BCUT2D eigenvalue weighted by Crippen LogP contribution is -2.05. The van der Waals surface area contributed by atoms with Gasteiger partial charge in [0.2, 0.25) is 5.28 Å². The third kappa shape index (κ3) is 1.76. The second kappa shape index (κ2) is 3.27. The molecule has 1 saturated carbocycles. The van der Waals surface area contributed by atoms with Crippen LogP contribution in [0.4, 0.5) is 0 Å². The minimum Gasteiger partial charge on any atom is -0.220 e. The average molecular weight is 195 g/mol. The zero-order valence-corrected chi connectivity index (χ0v) is 7.57. The smallest absolute Gasteiger partial charge is 0.220 e. The van der Waals surface area contributed by atoms with Crippen LogP contribution in [0.5, 0.6) is 0 Å². The molecule has 66 valence electrons. The van der Waals surface area contributed by atoms with E-state index in [2.05, 4.69) is 21.0 Å². The molecular formula is C8H7ClN4. The van der Waals surface area contributed by atoms with E-state index >= 15 is 0 Å². The summed E-state index contributed by atoms with van der Waals surface area (Å²) in [4.78, 5) is 11.5. The van der Waals surface area contributed by atoms with Crippen molar-refractivity contribution in [3.8, 4) is 6.07 Å². The second-order valence-corrected chi connectivity index (χ2v) is 3.39. The Labute approximate surface area is 80.6 Å². The van der Waals surface area contributed by atoms with E-state index in [1.807, 2.05) is 0 Å². The maximum absolute atomic E-state index is 8.89. The van der Waals surface area contributed by atoms with Gasteiger partial charge in [0.1, 0.15) is 12.2 Å². The van der Waals surface area contributed by atoms with Crippen molar-refractivity contribution in [2.24, 2.45) is 5.92 Å². The Morgan fingerprint density at radius 1 is 1.54 bits per heavy atom. The quantitative estimate of drug-likeness (QED) is 0.717. The predicted octanol–water partition coefficient (Wildman–Crippen LogP) is 1.54. The van der Waals surface area contributed by atoms with Crippen LogP contribution < -0.4 is 0 Å². The fourth-order valence-electron chi connectivity index (χ4n) is 1.24. The zero-order chi connectivity index (χ0) is 9.26. The summed E-state index contributed by atoms with van der Waals surface area (Å²) in [5, 5.41) is 9.05. The Kier molecular flexibility index (Phi) is 2.11. The lowest BCUT2D eigenvalue weighted by Gasteiger charge is -2.03. The highest BCUT2D eigenvalue weighted by Crippen LogP contribution is 2.40. The summed E-state index contributed by atoms with van der Waals surface area (Å²) in [5.74, 6) is 0.717. The van der Waals surface area contributed by atoms with Crippen LogP contribution in [-0.4, -0.2) is 15.0 Å². The van der Waals surface area contributed by atoms with Gasteiger partial charge in [-0.2, -0.15) is 5.26 Å². The molecule has 1 atom stereocenters. The number of rotatable bonds is 2. The van der Waals surface area contributed by atoms with Gasteiger partial charge in [0, 0.05) is 0 Å². The largest absolute Gasteiger partial charge is 0.225 e. The maximum atomic E-state index is 8.89. The van der Waals surface area contributed by atoms with Crippen molar-refractivity contribution < 1.29 is 0 Å². The van der Waals surface area contributed by atoms with Crippen molar-refractivity contribution in [1.82, 2.24) is 15.0 Å². The van der Waals surface area contributed by atoms with Gasteiger partial charge in [0.05, 0.1) is 6.07 Å². The van der Waals surface area contributed by atoms with Crippen molar-refractivity contribution in [2.45, 2.75) is 18.8 Å². The van der Waals surface area contributed by atoms with Gasteiger partial charge < -0.3 is 0 Å². The minimum atomic E-state index is -0.208. The zero-order valence-electron chi connectivity index (χ0n) is 6.81. The molecule has 0 bridgehead atoms. The standard InChI is InChI=1S/C8H7ClN4/c9-8-12-4-11-7(13-8)6(3-10)5-1-2-5/h4-6H,1-2H2. The Balaban J connectivity index is 2.27. The summed E-state index contributed by atoms with van der Waals surface area (Å²) < 4.78 is 0. The van der Waals surface area contributed by atoms with E-state index in [0.717, 1.165) is 12.8 Å². The molecule has 0 amide bonds. The minimum absolute atomic E-state index is 0.158. The first kappa shape index (κ1) is 8.39. The number of aromatic nitrogens is 3. The summed E-state index contributed by atoms with van der Waals surface area (Å²) in [5.41, 5.74) is 0. The number of hydrogen-bond donors (Lipinski definition) is 0. The van der Waals surface area contributed by atoms with E-state index in [1.54, 1.807) is 0 Å². The molecule has 0 aliphatic heterocycles. The fraction of sp³-hybridized carbons (Fsp3) is 0.500. The van der Waals surface area contributed by atoms with E-state index in [0.29, 0.717) is 11.7 Å². The molecule has 0 aromatic carbocycles. The third-order valence-electron chi connectivity index (χ3n) is 2.07. The summed E-state index contributed by atoms with van der Waals surface area (Å²) in [6.45, 7) is 0. The monoisotopic (exact) mass is 194 g/mol. The van der Waals surface area contributed by atoms with E-state index in [-0.39, 0.29) is 11.2 Å². The van der Waals surface area contributed by atoms with Gasteiger partial charge in [0.25, 0.3) is 0 Å². The Morgan fingerprint density at radius 2 is 2.31 bits per heavy atom. The maximum Gasteiger partial charge on any atom is 0.225 e. The van der Waals surface area contributed by atoms with Crippen LogP contribution in [0.1, 0.15) is 24.6 Å². The molecule has 0 N–H and O–H groups in total. The van der Waals surface area contributed by atoms with Crippen molar-refractivity contribution in [1.29, 1.82) is 5.26 Å². The number of hydrogen-bond acceptors (Lipinski definition) is 4. The van der Waals surface area contributed by atoms with Crippen LogP contribution >= 0.6 is 11.6 Å². The Bertz CT molecular complexity index is 355. The number of nitriles is 1.